The molecule has 0 unspecified atom stereocenters. The van der Waals surface area contributed by atoms with Gasteiger partial charge in [0.1, 0.15) is 15.8 Å². The second-order valence-electron chi connectivity index (χ2n) is 5.41. The zero-order valence-electron chi connectivity index (χ0n) is 13.7. The zero-order valence-corrected chi connectivity index (χ0v) is 15.3. The molecule has 0 aliphatic rings. The number of amides is 1. The molecule has 0 aliphatic heterocycles. The maximum atomic E-state index is 11.0. The van der Waals surface area contributed by atoms with E-state index in [1.165, 1.54) is 11.3 Å². The van der Waals surface area contributed by atoms with Crippen LogP contribution in [0.25, 0.3) is 21.1 Å². The standard InChI is InChI=1S/C18H16ClN3O3S/c19-15-8-2-1-7-14(15)18-21-20-17(26-18)12-5-3-6-13(11-12)25-10-4-9-16(23)22-24/h1-3,5-8,11,24H,4,9-10H2,(H,22,23). The van der Waals surface area contributed by atoms with E-state index in [1.807, 2.05) is 48.5 Å². The Hall–Kier alpha value is -2.48. The summed E-state index contributed by atoms with van der Waals surface area (Å²) >= 11 is 7.67. The molecule has 0 saturated carbocycles. The predicted octanol–water partition coefficient (Wildman–Crippen LogP) is 4.19. The van der Waals surface area contributed by atoms with E-state index in [2.05, 4.69) is 10.2 Å². The summed E-state index contributed by atoms with van der Waals surface area (Å²) in [7, 11) is 0. The van der Waals surface area contributed by atoms with Crippen LogP contribution in [0.3, 0.4) is 0 Å². The van der Waals surface area contributed by atoms with Gasteiger partial charge < -0.3 is 4.74 Å². The molecule has 1 amide bonds. The van der Waals surface area contributed by atoms with Gasteiger partial charge in [-0.2, -0.15) is 0 Å². The third kappa shape index (κ3) is 4.57. The van der Waals surface area contributed by atoms with Crippen LogP contribution < -0.4 is 10.2 Å². The van der Waals surface area contributed by atoms with E-state index in [0.29, 0.717) is 23.8 Å². The number of benzene rings is 2. The summed E-state index contributed by atoms with van der Waals surface area (Å²) in [6.07, 6.45) is 0.708. The first-order chi connectivity index (χ1) is 12.7. The number of hydrogen-bond donors (Lipinski definition) is 2. The largest absolute Gasteiger partial charge is 0.494 e. The molecular weight excluding hydrogens is 374 g/mol. The van der Waals surface area contributed by atoms with Gasteiger partial charge in [-0.3, -0.25) is 10.0 Å². The van der Waals surface area contributed by atoms with Crippen LogP contribution in [0.5, 0.6) is 5.75 Å². The first kappa shape index (κ1) is 18.3. The molecule has 0 bridgehead atoms. The topological polar surface area (TPSA) is 84.3 Å². The van der Waals surface area contributed by atoms with Crippen molar-refractivity contribution in [3.05, 3.63) is 53.6 Å². The molecule has 0 aliphatic carbocycles. The van der Waals surface area contributed by atoms with Crippen molar-refractivity contribution in [2.45, 2.75) is 12.8 Å². The summed E-state index contributed by atoms with van der Waals surface area (Å²) in [4.78, 5) is 11.0. The Balaban J connectivity index is 1.69. The van der Waals surface area contributed by atoms with Gasteiger partial charge in [-0.1, -0.05) is 53.3 Å². The molecule has 0 radical (unpaired) electrons. The van der Waals surface area contributed by atoms with Crippen LogP contribution in [-0.2, 0) is 4.79 Å². The fourth-order valence-electron chi connectivity index (χ4n) is 2.28. The molecule has 8 heteroatoms. The normalized spacial score (nSPS) is 10.5. The number of nitrogens with zero attached hydrogens (tertiary/aromatic N) is 2. The van der Waals surface area contributed by atoms with Gasteiger partial charge in [0.05, 0.1) is 11.6 Å². The molecule has 3 rings (SSSR count). The minimum Gasteiger partial charge on any atom is -0.494 e. The van der Waals surface area contributed by atoms with Crippen molar-refractivity contribution in [3.63, 3.8) is 0 Å². The van der Waals surface area contributed by atoms with Gasteiger partial charge in [0, 0.05) is 17.5 Å². The van der Waals surface area contributed by atoms with Crippen molar-refractivity contribution in [2.75, 3.05) is 6.61 Å². The van der Waals surface area contributed by atoms with Crippen LogP contribution in [0.4, 0.5) is 0 Å². The molecule has 26 heavy (non-hydrogen) atoms. The molecule has 2 N–H and O–H groups in total. The number of aromatic nitrogens is 2. The molecule has 0 saturated heterocycles. The first-order valence-corrected chi connectivity index (χ1v) is 9.11. The monoisotopic (exact) mass is 389 g/mol. The molecule has 0 spiro atoms. The average Bonchev–Trinajstić information content (AvgIpc) is 3.15. The van der Waals surface area contributed by atoms with Gasteiger partial charge in [-0.05, 0) is 24.6 Å². The lowest BCUT2D eigenvalue weighted by molar-refractivity contribution is -0.129. The maximum absolute atomic E-state index is 11.0. The van der Waals surface area contributed by atoms with Crippen LogP contribution in [0.1, 0.15) is 12.8 Å². The first-order valence-electron chi connectivity index (χ1n) is 7.92. The van der Waals surface area contributed by atoms with Crippen molar-refractivity contribution in [3.8, 4) is 26.9 Å². The number of hydroxylamine groups is 1. The molecule has 2 aromatic carbocycles. The Kier molecular flexibility index (Phi) is 6.17. The maximum Gasteiger partial charge on any atom is 0.243 e. The summed E-state index contributed by atoms with van der Waals surface area (Å²) < 4.78 is 5.65. The van der Waals surface area contributed by atoms with E-state index in [9.17, 15) is 4.79 Å². The number of hydrogen-bond acceptors (Lipinski definition) is 6. The summed E-state index contributed by atoms with van der Waals surface area (Å²) in [5.74, 6) is 0.254. The van der Waals surface area contributed by atoms with Gasteiger partial charge in [-0.25, -0.2) is 5.48 Å². The highest BCUT2D eigenvalue weighted by atomic mass is 35.5. The van der Waals surface area contributed by atoms with E-state index in [-0.39, 0.29) is 6.42 Å². The molecule has 1 heterocycles. The van der Waals surface area contributed by atoms with E-state index in [4.69, 9.17) is 21.5 Å². The molecular formula is C18H16ClN3O3S. The van der Waals surface area contributed by atoms with Crippen molar-refractivity contribution in [1.82, 2.24) is 15.7 Å². The summed E-state index contributed by atoms with van der Waals surface area (Å²) in [6.45, 7) is 0.373. The smallest absolute Gasteiger partial charge is 0.243 e. The van der Waals surface area contributed by atoms with Gasteiger partial charge in [0.2, 0.25) is 5.91 Å². The quantitative estimate of drug-likeness (QED) is 0.359. The second kappa shape index (κ2) is 8.75. The van der Waals surface area contributed by atoms with Crippen LogP contribution >= 0.6 is 22.9 Å². The average molecular weight is 390 g/mol. The summed E-state index contributed by atoms with van der Waals surface area (Å²) in [6, 6.07) is 15.0. The molecule has 134 valence electrons. The van der Waals surface area contributed by atoms with E-state index < -0.39 is 5.91 Å². The second-order valence-corrected chi connectivity index (χ2v) is 6.79. The Labute approximate surface area is 159 Å². The minimum atomic E-state index is -0.427. The van der Waals surface area contributed by atoms with Gasteiger partial charge in [0.15, 0.2) is 0 Å². The molecule has 6 nitrogen and oxygen atoms in total. The molecule has 1 aromatic heterocycles. The third-order valence-corrected chi connectivity index (χ3v) is 4.89. The molecule has 3 aromatic rings. The van der Waals surface area contributed by atoms with Crippen molar-refractivity contribution >= 4 is 28.8 Å². The highest BCUT2D eigenvalue weighted by Gasteiger charge is 2.11. The number of carbonyl (C=O) groups is 1. The number of ether oxygens (including phenoxy) is 1. The Morgan fingerprint density at radius 1 is 1.15 bits per heavy atom. The minimum absolute atomic E-state index is 0.202. The lowest BCUT2D eigenvalue weighted by Crippen LogP contribution is -2.18. The summed E-state index contributed by atoms with van der Waals surface area (Å²) in [5.41, 5.74) is 3.35. The van der Waals surface area contributed by atoms with Crippen molar-refractivity contribution in [2.24, 2.45) is 0 Å². The number of halogens is 1. The van der Waals surface area contributed by atoms with Crippen LogP contribution in [0.15, 0.2) is 48.5 Å². The van der Waals surface area contributed by atoms with Gasteiger partial charge in [0.25, 0.3) is 0 Å². The number of rotatable bonds is 7. The Morgan fingerprint density at radius 2 is 1.96 bits per heavy atom. The van der Waals surface area contributed by atoms with Crippen molar-refractivity contribution in [1.29, 1.82) is 0 Å². The highest BCUT2D eigenvalue weighted by molar-refractivity contribution is 7.18. The van der Waals surface area contributed by atoms with E-state index in [0.717, 1.165) is 21.1 Å². The lowest BCUT2D eigenvalue weighted by Gasteiger charge is -2.06. The van der Waals surface area contributed by atoms with Crippen LogP contribution in [-0.4, -0.2) is 27.9 Å². The predicted molar refractivity (Wildman–Crippen MR) is 100 cm³/mol. The van der Waals surface area contributed by atoms with Crippen molar-refractivity contribution < 1.29 is 14.7 Å². The zero-order chi connectivity index (χ0) is 18.4. The summed E-state index contributed by atoms with van der Waals surface area (Å²) in [5, 5.41) is 19.1. The SMILES string of the molecule is O=C(CCCOc1cccc(-c2nnc(-c3ccccc3Cl)s2)c1)NO. The third-order valence-electron chi connectivity index (χ3n) is 3.55. The van der Waals surface area contributed by atoms with Gasteiger partial charge >= 0.3 is 0 Å². The molecule has 0 atom stereocenters. The molecule has 0 fully saturated rings. The van der Waals surface area contributed by atoms with E-state index >= 15 is 0 Å². The number of nitrogens with one attached hydrogen (secondary N) is 1. The van der Waals surface area contributed by atoms with Crippen LogP contribution in [0.2, 0.25) is 5.02 Å². The van der Waals surface area contributed by atoms with Gasteiger partial charge in [-0.15, -0.1) is 10.2 Å². The van der Waals surface area contributed by atoms with E-state index in [1.54, 1.807) is 5.48 Å². The fraction of sp³-hybridized carbons (Fsp3) is 0.167. The lowest BCUT2D eigenvalue weighted by atomic mass is 10.2. The van der Waals surface area contributed by atoms with Crippen LogP contribution in [0, 0.1) is 0 Å². The Morgan fingerprint density at radius 3 is 2.77 bits per heavy atom. The highest BCUT2D eigenvalue weighted by Crippen LogP contribution is 2.34. The fourth-order valence-corrected chi connectivity index (χ4v) is 3.44. The number of carbonyl (C=O) groups excluding carboxylic acids is 1. The Bertz CT molecular complexity index is 901.